The number of hydrogen-bond acceptors (Lipinski definition) is 2. The van der Waals surface area contributed by atoms with E-state index < -0.39 is 0 Å². The molecule has 18 rings (SSSR count). The lowest BCUT2D eigenvalue weighted by Crippen LogP contribution is -2.61. The molecule has 4 heterocycles. The van der Waals surface area contributed by atoms with Crippen LogP contribution in [-0.2, 0) is 21.7 Å². The van der Waals surface area contributed by atoms with Gasteiger partial charge in [0.05, 0.1) is 22.1 Å². The van der Waals surface area contributed by atoms with Crippen molar-refractivity contribution in [2.45, 2.75) is 105 Å². The number of fused-ring (bicyclic) bond motifs is 15. The topological polar surface area (TPSA) is 16.3 Å². The van der Waals surface area contributed by atoms with Gasteiger partial charge in [0.25, 0.3) is 6.71 Å². The number of benzene rings is 14. The SMILES string of the molecule is CC(C)(C)c1cc(N2c3cc4cc5ccccc5cc4cc3B3c4cc5cc6ccccc6cc5cc4N(c4cc(C(C)(C)C)cc(C(C)(C)C)c4)c4cc(-c5ccc6c(c5)c5ccc7c8ccccc8n(-c8ccccc8)c7c5n6-c5ccccc5)cc2c43)cc(C(C)(C)C)c1. The molecule has 16 aromatic rings. The molecule has 0 N–H and O–H groups in total. The number of aromatic nitrogens is 2. The lowest BCUT2D eigenvalue weighted by molar-refractivity contribution is 0.568. The van der Waals surface area contributed by atoms with Gasteiger partial charge in [-0.05, 0) is 230 Å². The first kappa shape index (κ1) is 58.9. The molecule has 0 spiro atoms. The molecule has 5 heteroatoms. The van der Waals surface area contributed by atoms with Crippen LogP contribution < -0.4 is 26.2 Å². The van der Waals surface area contributed by atoms with E-state index in [-0.39, 0.29) is 28.4 Å². The molecule has 0 saturated carbocycles. The van der Waals surface area contributed by atoms with E-state index >= 15 is 0 Å². The van der Waals surface area contributed by atoms with Gasteiger partial charge < -0.3 is 18.9 Å². The zero-order valence-electron chi connectivity index (χ0n) is 57.7. The summed E-state index contributed by atoms with van der Waals surface area (Å²) in [5.41, 5.74) is 25.0. The molecule has 0 fully saturated rings. The lowest BCUT2D eigenvalue weighted by atomic mass is 9.33. The number of hydrogen-bond donors (Lipinski definition) is 0. The summed E-state index contributed by atoms with van der Waals surface area (Å²) >= 11 is 0. The van der Waals surface area contributed by atoms with Crippen molar-refractivity contribution in [2.24, 2.45) is 0 Å². The van der Waals surface area contributed by atoms with Crippen molar-refractivity contribution >= 4 is 144 Å². The second kappa shape index (κ2) is 20.9. The van der Waals surface area contributed by atoms with Crippen molar-refractivity contribution in [1.82, 2.24) is 9.13 Å². The van der Waals surface area contributed by atoms with Crippen LogP contribution in [0.5, 0.6) is 0 Å². The molecule has 0 bridgehead atoms. The average Bonchev–Trinajstić information content (AvgIpc) is 1.26. The summed E-state index contributed by atoms with van der Waals surface area (Å²) in [6.45, 7) is 28.3. The highest BCUT2D eigenvalue weighted by Gasteiger charge is 2.45. The van der Waals surface area contributed by atoms with Gasteiger partial charge in [0.2, 0.25) is 0 Å². The minimum atomic E-state index is -0.144. The monoisotopic (exact) mass is 1250 g/mol. The van der Waals surface area contributed by atoms with Gasteiger partial charge >= 0.3 is 0 Å². The Morgan fingerprint density at radius 1 is 0.247 bits per heavy atom. The summed E-state index contributed by atoms with van der Waals surface area (Å²) in [5.74, 6) is 0. The molecular formula is C92H79BN4. The Balaban J connectivity index is 1.00. The average molecular weight is 1250 g/mol. The van der Waals surface area contributed by atoms with Crippen LogP contribution in [0.25, 0.3) is 109 Å². The van der Waals surface area contributed by atoms with Crippen LogP contribution >= 0.6 is 0 Å². The third kappa shape index (κ3) is 9.32. The molecule has 0 saturated heterocycles. The molecule has 0 radical (unpaired) electrons. The van der Waals surface area contributed by atoms with Crippen molar-refractivity contribution in [3.63, 3.8) is 0 Å². The maximum absolute atomic E-state index is 2.69. The predicted molar refractivity (Wildman–Crippen MR) is 419 cm³/mol. The van der Waals surface area contributed by atoms with E-state index in [0.29, 0.717) is 0 Å². The summed E-state index contributed by atoms with van der Waals surface area (Å²) in [5, 5.41) is 14.8. The fourth-order valence-electron chi connectivity index (χ4n) is 16.2. The third-order valence-electron chi connectivity index (χ3n) is 21.5. The summed E-state index contributed by atoms with van der Waals surface area (Å²) in [4.78, 5) is 5.38. The molecule has 470 valence electrons. The normalized spacial score (nSPS) is 13.5. The van der Waals surface area contributed by atoms with Crippen molar-refractivity contribution in [1.29, 1.82) is 0 Å². The van der Waals surface area contributed by atoms with Gasteiger partial charge in [0.15, 0.2) is 0 Å². The van der Waals surface area contributed by atoms with Gasteiger partial charge in [0, 0.05) is 67.0 Å². The van der Waals surface area contributed by atoms with Crippen molar-refractivity contribution in [2.75, 3.05) is 9.80 Å². The van der Waals surface area contributed by atoms with Gasteiger partial charge in [-0.2, -0.15) is 0 Å². The number of nitrogens with zero attached hydrogens (tertiary/aromatic N) is 4. The molecule has 2 aliphatic heterocycles. The van der Waals surface area contributed by atoms with Crippen LogP contribution in [0.3, 0.4) is 0 Å². The van der Waals surface area contributed by atoms with Gasteiger partial charge in [0.1, 0.15) is 0 Å². The maximum atomic E-state index is 2.69. The van der Waals surface area contributed by atoms with Crippen LogP contribution in [0.1, 0.15) is 105 Å². The number of para-hydroxylation sites is 3. The highest BCUT2D eigenvalue weighted by molar-refractivity contribution is 7.00. The fourth-order valence-corrected chi connectivity index (χ4v) is 16.2. The van der Waals surface area contributed by atoms with Gasteiger partial charge in [-0.25, -0.2) is 0 Å². The van der Waals surface area contributed by atoms with E-state index in [9.17, 15) is 0 Å². The molecule has 0 aliphatic carbocycles. The van der Waals surface area contributed by atoms with Crippen LogP contribution in [-0.4, -0.2) is 15.8 Å². The lowest BCUT2D eigenvalue weighted by Gasteiger charge is -2.45. The van der Waals surface area contributed by atoms with E-state index in [1.54, 1.807) is 0 Å². The van der Waals surface area contributed by atoms with Crippen LogP contribution in [0, 0.1) is 0 Å². The zero-order chi connectivity index (χ0) is 66.3. The summed E-state index contributed by atoms with van der Waals surface area (Å²) in [7, 11) is 0. The van der Waals surface area contributed by atoms with Gasteiger partial charge in [-0.15, -0.1) is 0 Å². The molecule has 2 aliphatic rings. The molecule has 0 atom stereocenters. The molecule has 0 amide bonds. The minimum absolute atomic E-state index is 0.139. The predicted octanol–water partition coefficient (Wildman–Crippen LogP) is 23.4. The molecule has 2 aromatic heterocycles. The summed E-state index contributed by atoms with van der Waals surface area (Å²) in [6, 6.07) is 101. The van der Waals surface area contributed by atoms with E-state index in [4.69, 9.17) is 0 Å². The van der Waals surface area contributed by atoms with Crippen LogP contribution in [0.2, 0.25) is 0 Å². The second-order valence-corrected chi connectivity index (χ2v) is 31.9. The summed E-state index contributed by atoms with van der Waals surface area (Å²) < 4.78 is 5.02. The van der Waals surface area contributed by atoms with Crippen molar-refractivity contribution < 1.29 is 0 Å². The van der Waals surface area contributed by atoms with Crippen molar-refractivity contribution in [3.05, 3.63) is 283 Å². The number of anilines is 6. The molecule has 0 unspecified atom stereocenters. The Kier molecular flexibility index (Phi) is 12.7. The zero-order valence-corrected chi connectivity index (χ0v) is 57.7. The summed E-state index contributed by atoms with van der Waals surface area (Å²) in [6.07, 6.45) is 0. The standard InChI is InChI=1S/C92H79BN4/c1-89(2,3)66-50-67(90(4,5)6)53-72(52-66)94-82-46-63-41-58-27-21-19-25-56(58)39-61(63)44-78(82)93-79-45-62-40-57-26-20-22-28-59(57)42-64(62)47-83(79)95(73-54-68(91(7,8)9)51-69(55-73)92(10,11)12)85-49-65(48-84(94)86(85)93)60-35-38-81-77(43-60)76-37-36-75-74-33-23-24-34-80(74)96(70-29-15-13-16-30-70)87(75)88(76)97(81)71-31-17-14-18-32-71/h13-55H,1-12H3. The Morgan fingerprint density at radius 2 is 0.619 bits per heavy atom. The van der Waals surface area contributed by atoms with Gasteiger partial charge in [-0.1, -0.05) is 229 Å². The molecule has 14 aromatic carbocycles. The van der Waals surface area contributed by atoms with Gasteiger partial charge in [-0.3, -0.25) is 0 Å². The molecule has 4 nitrogen and oxygen atoms in total. The van der Waals surface area contributed by atoms with Crippen molar-refractivity contribution in [3.8, 4) is 22.5 Å². The smallest absolute Gasteiger partial charge is 0.252 e. The first-order valence-corrected chi connectivity index (χ1v) is 34.7. The third-order valence-corrected chi connectivity index (χ3v) is 21.5. The first-order chi connectivity index (χ1) is 46.6. The van der Waals surface area contributed by atoms with Crippen LogP contribution in [0.4, 0.5) is 34.1 Å². The Morgan fingerprint density at radius 3 is 1.04 bits per heavy atom. The molecular weight excluding hydrogens is 1170 g/mol. The minimum Gasteiger partial charge on any atom is -0.311 e. The largest absolute Gasteiger partial charge is 0.311 e. The Bertz CT molecular complexity index is 5700. The fraction of sp³-hybridized carbons (Fsp3) is 0.174. The number of rotatable bonds is 5. The van der Waals surface area contributed by atoms with E-state index in [0.717, 1.165) is 28.0 Å². The highest BCUT2D eigenvalue weighted by atomic mass is 15.2. The molecule has 97 heavy (non-hydrogen) atoms. The van der Waals surface area contributed by atoms with E-state index in [2.05, 4.69) is 363 Å². The Labute approximate surface area is 569 Å². The maximum Gasteiger partial charge on any atom is 0.252 e. The quantitative estimate of drug-likeness (QED) is 0.126. The second-order valence-electron chi connectivity index (χ2n) is 31.9. The first-order valence-electron chi connectivity index (χ1n) is 34.7. The highest BCUT2D eigenvalue weighted by Crippen LogP contribution is 2.51. The van der Waals surface area contributed by atoms with E-state index in [1.807, 2.05) is 0 Å². The van der Waals surface area contributed by atoms with E-state index in [1.165, 1.54) is 154 Å². The van der Waals surface area contributed by atoms with Crippen LogP contribution in [0.15, 0.2) is 261 Å². The Hall–Kier alpha value is -10.6.